The van der Waals surface area contributed by atoms with Crippen LogP contribution in [0, 0.1) is 0 Å². The average molecular weight is 263 g/mol. The molecule has 0 aliphatic rings. The largest absolute Gasteiger partial charge is 0.383 e. The molecule has 0 saturated heterocycles. The van der Waals surface area contributed by atoms with E-state index in [0.29, 0.717) is 19.2 Å². The quantitative estimate of drug-likeness (QED) is 0.641. The third kappa shape index (κ3) is 5.13. The fourth-order valence-corrected chi connectivity index (χ4v) is 2.30. The molecule has 106 valence electrons. The zero-order valence-corrected chi connectivity index (χ0v) is 12.3. The highest BCUT2D eigenvalue weighted by molar-refractivity contribution is 5.97. The Balaban J connectivity index is 2.68. The summed E-state index contributed by atoms with van der Waals surface area (Å²) < 4.78 is 5.15. The lowest BCUT2D eigenvalue weighted by atomic mass is 10.1. The summed E-state index contributed by atoms with van der Waals surface area (Å²) in [6, 6.07) is 9.95. The maximum absolute atomic E-state index is 12.3. The molecule has 0 N–H and O–H groups in total. The maximum atomic E-state index is 12.3. The van der Waals surface area contributed by atoms with Gasteiger partial charge in [-0.05, 0) is 12.8 Å². The second-order valence-electron chi connectivity index (χ2n) is 4.72. The van der Waals surface area contributed by atoms with E-state index in [1.54, 1.807) is 7.11 Å². The summed E-state index contributed by atoms with van der Waals surface area (Å²) in [5.41, 5.74) is 0.788. The predicted molar refractivity (Wildman–Crippen MR) is 78.6 cm³/mol. The van der Waals surface area contributed by atoms with Crippen molar-refractivity contribution in [3.05, 3.63) is 35.9 Å². The molecule has 1 aromatic rings. The van der Waals surface area contributed by atoms with E-state index in [4.69, 9.17) is 4.74 Å². The van der Waals surface area contributed by atoms with Crippen molar-refractivity contribution < 1.29 is 9.53 Å². The van der Waals surface area contributed by atoms with Gasteiger partial charge < -0.3 is 4.74 Å². The van der Waals surface area contributed by atoms with Gasteiger partial charge in [0.1, 0.15) is 0 Å². The van der Waals surface area contributed by atoms with E-state index < -0.39 is 0 Å². The standard InChI is InChI=1S/C16H25NO2/c1-4-15(5-2)17(11-12-19-3)13-16(18)14-9-7-6-8-10-14/h6-10,15H,4-5,11-13H2,1-3H3. The lowest BCUT2D eigenvalue weighted by Gasteiger charge is -2.29. The molecule has 0 atom stereocenters. The Labute approximate surface area is 116 Å². The molecule has 0 radical (unpaired) electrons. The van der Waals surface area contributed by atoms with Crippen LogP contribution in [0.2, 0.25) is 0 Å². The second kappa shape index (κ2) is 8.83. The molecule has 3 heteroatoms. The normalized spacial score (nSPS) is 11.2. The van der Waals surface area contributed by atoms with E-state index in [1.165, 1.54) is 0 Å². The van der Waals surface area contributed by atoms with Gasteiger partial charge in [-0.25, -0.2) is 0 Å². The molecule has 0 saturated carbocycles. The van der Waals surface area contributed by atoms with Gasteiger partial charge in [-0.1, -0.05) is 44.2 Å². The zero-order chi connectivity index (χ0) is 14.1. The fourth-order valence-electron chi connectivity index (χ4n) is 2.30. The molecule has 1 rings (SSSR count). The van der Waals surface area contributed by atoms with Gasteiger partial charge in [0.15, 0.2) is 5.78 Å². The van der Waals surface area contributed by atoms with E-state index >= 15 is 0 Å². The van der Waals surface area contributed by atoms with Gasteiger partial charge in [-0.3, -0.25) is 9.69 Å². The van der Waals surface area contributed by atoms with Gasteiger partial charge in [-0.15, -0.1) is 0 Å². The first-order valence-electron chi connectivity index (χ1n) is 7.04. The molecule has 3 nitrogen and oxygen atoms in total. The van der Waals surface area contributed by atoms with Crippen molar-refractivity contribution in [3.63, 3.8) is 0 Å². The monoisotopic (exact) mass is 263 g/mol. The molecule has 0 amide bonds. The number of Topliss-reactive ketones (excluding diaryl/α,β-unsaturated/α-hetero) is 1. The van der Waals surface area contributed by atoms with E-state index in [1.807, 2.05) is 30.3 Å². The van der Waals surface area contributed by atoms with Crippen molar-refractivity contribution in [3.8, 4) is 0 Å². The number of benzene rings is 1. The minimum absolute atomic E-state index is 0.184. The van der Waals surface area contributed by atoms with E-state index in [2.05, 4.69) is 18.7 Å². The minimum atomic E-state index is 0.184. The van der Waals surface area contributed by atoms with Gasteiger partial charge in [0.25, 0.3) is 0 Å². The highest BCUT2D eigenvalue weighted by Gasteiger charge is 2.18. The number of methoxy groups -OCH3 is 1. The van der Waals surface area contributed by atoms with Crippen LogP contribution in [0.1, 0.15) is 37.0 Å². The third-order valence-corrected chi connectivity index (χ3v) is 3.48. The second-order valence-corrected chi connectivity index (χ2v) is 4.72. The number of carbonyl (C=O) groups excluding carboxylic acids is 1. The molecule has 0 unspecified atom stereocenters. The van der Waals surface area contributed by atoms with Crippen molar-refractivity contribution in [1.82, 2.24) is 4.90 Å². The first kappa shape index (κ1) is 15.9. The number of nitrogens with zero attached hydrogens (tertiary/aromatic N) is 1. The molecule has 0 bridgehead atoms. The Hall–Kier alpha value is -1.19. The van der Waals surface area contributed by atoms with Crippen LogP contribution in [0.5, 0.6) is 0 Å². The average Bonchev–Trinajstić information content (AvgIpc) is 2.46. The van der Waals surface area contributed by atoms with Crippen LogP contribution in [-0.4, -0.2) is 43.5 Å². The molecule has 0 aromatic heterocycles. The molecule has 0 aliphatic carbocycles. The van der Waals surface area contributed by atoms with E-state index in [0.717, 1.165) is 24.9 Å². The summed E-state index contributed by atoms with van der Waals surface area (Å²) in [7, 11) is 1.70. The van der Waals surface area contributed by atoms with Crippen LogP contribution < -0.4 is 0 Å². The Morgan fingerprint density at radius 3 is 2.37 bits per heavy atom. The number of hydrogen-bond acceptors (Lipinski definition) is 3. The van der Waals surface area contributed by atoms with Gasteiger partial charge >= 0.3 is 0 Å². The van der Waals surface area contributed by atoms with Gasteiger partial charge in [0.2, 0.25) is 0 Å². The molecule has 19 heavy (non-hydrogen) atoms. The summed E-state index contributed by atoms with van der Waals surface area (Å²) in [5, 5.41) is 0. The highest BCUT2D eigenvalue weighted by Crippen LogP contribution is 2.10. The predicted octanol–water partition coefficient (Wildman–Crippen LogP) is 3.01. The SMILES string of the molecule is CCC(CC)N(CCOC)CC(=O)c1ccccc1. The van der Waals surface area contributed by atoms with Gasteiger partial charge in [-0.2, -0.15) is 0 Å². The topological polar surface area (TPSA) is 29.5 Å². The van der Waals surface area contributed by atoms with Crippen LogP contribution in [0.15, 0.2) is 30.3 Å². The summed E-state index contributed by atoms with van der Waals surface area (Å²) in [6.07, 6.45) is 2.12. The van der Waals surface area contributed by atoms with Gasteiger partial charge in [0, 0.05) is 25.3 Å². The highest BCUT2D eigenvalue weighted by atomic mass is 16.5. The lowest BCUT2D eigenvalue weighted by Crippen LogP contribution is -2.40. The number of rotatable bonds is 9. The fraction of sp³-hybridized carbons (Fsp3) is 0.562. The smallest absolute Gasteiger partial charge is 0.176 e. The summed E-state index contributed by atoms with van der Waals surface area (Å²) >= 11 is 0. The van der Waals surface area contributed by atoms with E-state index in [-0.39, 0.29) is 5.78 Å². The van der Waals surface area contributed by atoms with Crippen molar-refractivity contribution >= 4 is 5.78 Å². The molecule has 1 aromatic carbocycles. The van der Waals surface area contributed by atoms with Crippen LogP contribution in [0.25, 0.3) is 0 Å². The third-order valence-electron chi connectivity index (χ3n) is 3.48. The molecule has 0 heterocycles. The lowest BCUT2D eigenvalue weighted by molar-refractivity contribution is 0.0811. The summed E-state index contributed by atoms with van der Waals surface area (Å²) in [6.45, 7) is 6.28. The van der Waals surface area contributed by atoms with Crippen molar-refractivity contribution in [2.24, 2.45) is 0 Å². The number of ketones is 1. The van der Waals surface area contributed by atoms with Crippen LogP contribution in [0.3, 0.4) is 0 Å². The van der Waals surface area contributed by atoms with Gasteiger partial charge in [0.05, 0.1) is 13.2 Å². The maximum Gasteiger partial charge on any atom is 0.176 e. The zero-order valence-electron chi connectivity index (χ0n) is 12.3. The number of carbonyl (C=O) groups is 1. The number of ether oxygens (including phenoxy) is 1. The Morgan fingerprint density at radius 2 is 1.84 bits per heavy atom. The summed E-state index contributed by atoms with van der Waals surface area (Å²) in [4.78, 5) is 14.5. The van der Waals surface area contributed by atoms with Crippen LogP contribution in [-0.2, 0) is 4.74 Å². The first-order valence-corrected chi connectivity index (χ1v) is 7.04. The van der Waals surface area contributed by atoms with Crippen LogP contribution >= 0.6 is 0 Å². The molecule has 0 fully saturated rings. The van der Waals surface area contributed by atoms with Crippen molar-refractivity contribution in [2.45, 2.75) is 32.7 Å². The summed E-state index contributed by atoms with van der Waals surface area (Å²) in [5.74, 6) is 0.184. The molecular weight excluding hydrogens is 238 g/mol. The molecule has 0 aliphatic heterocycles. The molecular formula is C16H25NO2. The van der Waals surface area contributed by atoms with Crippen LogP contribution in [0.4, 0.5) is 0 Å². The number of hydrogen-bond donors (Lipinski definition) is 0. The van der Waals surface area contributed by atoms with Crippen molar-refractivity contribution in [1.29, 1.82) is 0 Å². The molecule has 0 spiro atoms. The Kier molecular flexibility index (Phi) is 7.38. The minimum Gasteiger partial charge on any atom is -0.383 e. The first-order chi connectivity index (χ1) is 9.22. The van der Waals surface area contributed by atoms with E-state index in [9.17, 15) is 4.79 Å². The Morgan fingerprint density at radius 1 is 1.21 bits per heavy atom. The Bertz CT molecular complexity index is 360. The van der Waals surface area contributed by atoms with Crippen molar-refractivity contribution in [2.75, 3.05) is 26.8 Å².